The molecule has 68 heavy (non-hydrogen) atoms. The lowest BCUT2D eigenvalue weighted by Gasteiger charge is -2.37. The zero-order valence-corrected chi connectivity index (χ0v) is 37.7. The molecule has 1 heterocycles. The number of rotatable bonds is 3. The van der Waals surface area contributed by atoms with Gasteiger partial charge in [-0.2, -0.15) is 0 Å². The van der Waals surface area contributed by atoms with Gasteiger partial charge in [-0.15, -0.1) is 0 Å². The van der Waals surface area contributed by atoms with Crippen LogP contribution in [0.25, 0.3) is 88.0 Å². The van der Waals surface area contributed by atoms with Gasteiger partial charge in [0.25, 0.3) is 0 Å². The lowest BCUT2D eigenvalue weighted by atomic mass is 9.64. The van der Waals surface area contributed by atoms with Crippen molar-refractivity contribution in [3.63, 3.8) is 0 Å². The molecule has 3 aliphatic rings. The molecule has 1 atom stereocenters. The summed E-state index contributed by atoms with van der Waals surface area (Å²) in [5.41, 5.74) is 22.1. The zero-order valence-electron chi connectivity index (χ0n) is 37.7. The maximum atomic E-state index is 6.91. The van der Waals surface area contributed by atoms with Crippen LogP contribution in [0.5, 0.6) is 0 Å². The van der Waals surface area contributed by atoms with Crippen LogP contribution in [0, 0.1) is 0 Å². The topological polar surface area (TPSA) is 16.4 Å². The summed E-state index contributed by atoms with van der Waals surface area (Å²) in [6, 6.07) is 84.1. The minimum absolute atomic E-state index is 0.181. The fourth-order valence-electron chi connectivity index (χ4n) is 13.1. The number of fused-ring (bicyclic) bond motifs is 23. The second kappa shape index (κ2) is 13.6. The van der Waals surface area contributed by atoms with E-state index in [9.17, 15) is 0 Å². The van der Waals surface area contributed by atoms with Gasteiger partial charge in [-0.25, -0.2) is 0 Å². The average molecular weight is 866 g/mol. The molecule has 0 radical (unpaired) electrons. The Balaban J connectivity index is 1.08. The molecule has 0 amide bonds. The average Bonchev–Trinajstić information content (AvgIpc) is 3.98. The Bertz CT molecular complexity index is 4150. The Kier molecular flexibility index (Phi) is 7.53. The van der Waals surface area contributed by atoms with Crippen molar-refractivity contribution >= 4 is 60.5 Å². The standard InChI is InChI=1S/C66H43NO/c1-65(2)55-29-13-9-23-47(55)48-36-34-41(39-59(48)65)67(60-32-17-28-52-49-24-12-16-33-61(49)68-64(52)60)40-35-37-58-54(38-40)45-21-4-3-18-42(45)46-22-10-14-30-56(46)66(58)57-31-15-11-27-53(57)62-50-25-7-5-19-43(50)44-20-6-8-26-51(44)63(62)66/h3-39H,1-2H3. The maximum Gasteiger partial charge on any atom is 0.159 e. The van der Waals surface area contributed by atoms with E-state index in [4.69, 9.17) is 4.42 Å². The van der Waals surface area contributed by atoms with Crippen LogP contribution in [0.15, 0.2) is 229 Å². The van der Waals surface area contributed by atoms with Crippen LogP contribution in [-0.4, -0.2) is 0 Å². The number of furan rings is 1. The van der Waals surface area contributed by atoms with Crippen LogP contribution in [0.3, 0.4) is 0 Å². The lowest BCUT2D eigenvalue weighted by molar-refractivity contribution is 0.660. The third kappa shape index (κ3) is 4.76. The van der Waals surface area contributed by atoms with Crippen molar-refractivity contribution in [2.75, 3.05) is 4.90 Å². The number of para-hydroxylation sites is 2. The van der Waals surface area contributed by atoms with E-state index in [0.717, 1.165) is 39.0 Å². The molecule has 0 fully saturated rings. The molecule has 12 aromatic rings. The van der Waals surface area contributed by atoms with E-state index in [2.05, 4.69) is 243 Å². The van der Waals surface area contributed by atoms with Gasteiger partial charge in [0.15, 0.2) is 5.58 Å². The van der Waals surface area contributed by atoms with Gasteiger partial charge in [0.1, 0.15) is 5.58 Å². The molecule has 1 spiro atoms. The second-order valence-electron chi connectivity index (χ2n) is 19.4. The van der Waals surface area contributed by atoms with E-state index in [0.29, 0.717) is 0 Å². The molecule has 1 unspecified atom stereocenters. The van der Waals surface area contributed by atoms with Crippen molar-refractivity contribution in [3.8, 4) is 44.5 Å². The van der Waals surface area contributed by atoms with Crippen LogP contribution in [-0.2, 0) is 10.8 Å². The van der Waals surface area contributed by atoms with Crippen molar-refractivity contribution in [1.29, 1.82) is 0 Å². The zero-order chi connectivity index (χ0) is 44.9. The maximum absolute atomic E-state index is 6.91. The molecular weight excluding hydrogens is 823 g/mol. The molecule has 0 N–H and O–H groups in total. The SMILES string of the molecule is CC1(C)c2ccccc2-c2ccc(N(c3ccc4c(c3)-c3ccccc3-c3ccccc3C43c4ccccc4-c4c3c3ccccc3c3ccccc43)c3cccc4c3oc3ccccc34)cc21. The van der Waals surface area contributed by atoms with Gasteiger partial charge < -0.3 is 9.32 Å². The van der Waals surface area contributed by atoms with Crippen LogP contribution in [0.4, 0.5) is 17.1 Å². The third-order valence-corrected chi connectivity index (χ3v) is 15.9. The molecular formula is C66H43NO. The van der Waals surface area contributed by atoms with Crippen molar-refractivity contribution in [2.45, 2.75) is 24.7 Å². The quantitative estimate of drug-likeness (QED) is 0.165. The third-order valence-electron chi connectivity index (χ3n) is 15.9. The van der Waals surface area contributed by atoms with Gasteiger partial charge in [0.2, 0.25) is 0 Å². The highest BCUT2D eigenvalue weighted by molar-refractivity contribution is 6.20. The van der Waals surface area contributed by atoms with Crippen LogP contribution in [0.2, 0.25) is 0 Å². The van der Waals surface area contributed by atoms with E-state index in [1.54, 1.807) is 0 Å². The Labute approximate surface area is 395 Å². The summed E-state index contributed by atoms with van der Waals surface area (Å²) in [6.45, 7) is 4.73. The first-order valence-corrected chi connectivity index (χ1v) is 23.8. The molecule has 2 heteroatoms. The smallest absolute Gasteiger partial charge is 0.159 e. The summed E-state index contributed by atoms with van der Waals surface area (Å²) in [7, 11) is 0. The van der Waals surface area contributed by atoms with Crippen molar-refractivity contribution in [3.05, 3.63) is 258 Å². The first kappa shape index (κ1) is 37.7. The molecule has 318 valence electrons. The molecule has 11 aromatic carbocycles. The predicted octanol–water partition coefficient (Wildman–Crippen LogP) is 17.7. The Hall–Kier alpha value is -8.46. The van der Waals surface area contributed by atoms with Gasteiger partial charge in [-0.1, -0.05) is 202 Å². The summed E-state index contributed by atoms with van der Waals surface area (Å²) >= 11 is 0. The number of hydrogen-bond acceptors (Lipinski definition) is 2. The normalized spacial score (nSPS) is 15.7. The van der Waals surface area contributed by atoms with E-state index in [-0.39, 0.29) is 5.41 Å². The Morgan fingerprint density at radius 1 is 0.338 bits per heavy atom. The Morgan fingerprint density at radius 2 is 0.838 bits per heavy atom. The minimum Gasteiger partial charge on any atom is -0.454 e. The van der Waals surface area contributed by atoms with E-state index in [1.807, 2.05) is 0 Å². The van der Waals surface area contributed by atoms with Gasteiger partial charge in [0.05, 0.1) is 11.1 Å². The molecule has 0 aliphatic heterocycles. The van der Waals surface area contributed by atoms with E-state index < -0.39 is 5.41 Å². The number of benzene rings is 11. The molecule has 0 bridgehead atoms. The van der Waals surface area contributed by atoms with Gasteiger partial charge >= 0.3 is 0 Å². The van der Waals surface area contributed by atoms with Crippen LogP contribution < -0.4 is 4.90 Å². The van der Waals surface area contributed by atoms with Gasteiger partial charge in [0, 0.05) is 27.6 Å². The monoisotopic (exact) mass is 865 g/mol. The first-order chi connectivity index (χ1) is 33.5. The van der Waals surface area contributed by atoms with Crippen molar-refractivity contribution in [2.24, 2.45) is 0 Å². The molecule has 2 nitrogen and oxygen atoms in total. The molecule has 15 rings (SSSR count). The fraction of sp³-hybridized carbons (Fsp3) is 0.0606. The highest BCUT2D eigenvalue weighted by atomic mass is 16.3. The highest BCUT2D eigenvalue weighted by Gasteiger charge is 2.51. The number of hydrogen-bond donors (Lipinski definition) is 0. The molecule has 0 saturated carbocycles. The summed E-state index contributed by atoms with van der Waals surface area (Å²) in [6.07, 6.45) is 0. The first-order valence-electron chi connectivity index (χ1n) is 23.8. The Morgan fingerprint density at radius 3 is 1.60 bits per heavy atom. The largest absolute Gasteiger partial charge is 0.454 e. The second-order valence-corrected chi connectivity index (χ2v) is 19.4. The van der Waals surface area contributed by atoms with Crippen LogP contribution >= 0.6 is 0 Å². The van der Waals surface area contributed by atoms with Crippen molar-refractivity contribution in [1.82, 2.24) is 0 Å². The molecule has 1 aromatic heterocycles. The van der Waals surface area contributed by atoms with Crippen molar-refractivity contribution < 1.29 is 4.42 Å². The van der Waals surface area contributed by atoms with E-state index >= 15 is 0 Å². The predicted molar refractivity (Wildman–Crippen MR) is 283 cm³/mol. The summed E-state index contributed by atoms with van der Waals surface area (Å²) in [5.74, 6) is 0. The van der Waals surface area contributed by atoms with Crippen LogP contribution in [0.1, 0.15) is 47.2 Å². The molecule has 3 aliphatic carbocycles. The van der Waals surface area contributed by atoms with Gasteiger partial charge in [-0.05, 0) is 136 Å². The number of anilines is 3. The summed E-state index contributed by atoms with van der Waals surface area (Å²) in [4.78, 5) is 2.46. The lowest BCUT2D eigenvalue weighted by Crippen LogP contribution is -2.29. The molecule has 0 saturated heterocycles. The minimum atomic E-state index is -0.661. The van der Waals surface area contributed by atoms with E-state index in [1.165, 1.54) is 99.4 Å². The highest BCUT2D eigenvalue weighted by Crippen LogP contribution is 2.65. The van der Waals surface area contributed by atoms with Gasteiger partial charge in [-0.3, -0.25) is 0 Å². The fourth-order valence-corrected chi connectivity index (χ4v) is 13.1. The summed E-state index contributed by atoms with van der Waals surface area (Å²) in [5, 5.41) is 7.35. The summed E-state index contributed by atoms with van der Waals surface area (Å²) < 4.78 is 6.91. The number of nitrogens with zero attached hydrogens (tertiary/aromatic N) is 1.